The van der Waals surface area contributed by atoms with E-state index in [9.17, 15) is 0 Å². The molecule has 0 bridgehead atoms. The number of fused-ring (bicyclic) bond motifs is 3. The van der Waals surface area contributed by atoms with Gasteiger partial charge in [-0.2, -0.15) is 0 Å². The first-order chi connectivity index (χ1) is 3.45. The summed E-state index contributed by atoms with van der Waals surface area (Å²) in [5.74, 6) is 4.99. The Kier molecular flexibility index (Phi) is 0.296. The maximum atomic E-state index is 1.62. The molecule has 0 radical (unpaired) electrons. The van der Waals surface area contributed by atoms with Crippen molar-refractivity contribution in [2.24, 2.45) is 23.7 Å². The van der Waals surface area contributed by atoms with Crippen LogP contribution < -0.4 is 0 Å². The van der Waals surface area contributed by atoms with Gasteiger partial charge in [0.05, 0.1) is 0 Å². The number of hydrogen-bond donors (Lipinski definition) is 0. The minimum absolute atomic E-state index is 1.24. The van der Waals surface area contributed by atoms with Crippen LogP contribution in [0, 0.1) is 23.7 Å². The molecule has 4 atom stereocenters. The van der Waals surface area contributed by atoms with Gasteiger partial charge in [-0.05, 0) is 42.9 Å². The fourth-order valence-electron chi connectivity index (χ4n) is 2.52. The van der Waals surface area contributed by atoms with Gasteiger partial charge in [0.15, 0.2) is 0 Å². The number of hydrogen-bond acceptors (Lipinski definition) is 0. The topological polar surface area (TPSA) is 0 Å². The zero-order chi connectivity index (χ0) is 4.43. The SMILES string of the molecule is C1[C@H]2C[C@H]2[C@@H]2C[C@H]12. The highest BCUT2D eigenvalue weighted by molar-refractivity contribution is 5.10. The number of rotatable bonds is 0. The lowest BCUT2D eigenvalue weighted by molar-refractivity contribution is 0.689. The summed E-state index contributed by atoms with van der Waals surface area (Å²) in [7, 11) is 0. The molecule has 7 heavy (non-hydrogen) atoms. The molecule has 0 saturated heterocycles. The molecule has 0 heterocycles. The van der Waals surface area contributed by atoms with Gasteiger partial charge in [-0.25, -0.2) is 0 Å². The minimum Gasteiger partial charge on any atom is -0.0470 e. The molecule has 0 aromatic heterocycles. The summed E-state index contributed by atoms with van der Waals surface area (Å²) in [4.78, 5) is 0. The smallest absolute Gasteiger partial charge is 0.0352 e. The molecular weight excluding hydrogens is 84.1 g/mol. The van der Waals surface area contributed by atoms with Crippen LogP contribution in [-0.4, -0.2) is 0 Å². The Hall–Kier alpha value is 0. The van der Waals surface area contributed by atoms with Crippen LogP contribution in [0.15, 0.2) is 0 Å². The predicted octanol–water partition coefficient (Wildman–Crippen LogP) is 1.66. The molecule has 0 aromatic carbocycles. The van der Waals surface area contributed by atoms with E-state index in [1.807, 2.05) is 0 Å². The highest BCUT2D eigenvalue weighted by atomic mass is 14.7. The van der Waals surface area contributed by atoms with Gasteiger partial charge in [-0.3, -0.25) is 0 Å². The fourth-order valence-corrected chi connectivity index (χ4v) is 2.52. The van der Waals surface area contributed by atoms with E-state index >= 15 is 0 Å². The van der Waals surface area contributed by atoms with Gasteiger partial charge in [0.1, 0.15) is 0 Å². The van der Waals surface area contributed by atoms with E-state index in [4.69, 9.17) is 0 Å². The van der Waals surface area contributed by atoms with E-state index in [-0.39, 0.29) is 0 Å². The van der Waals surface area contributed by atoms with Gasteiger partial charge in [0, 0.05) is 0 Å². The van der Waals surface area contributed by atoms with Crippen LogP contribution in [0.2, 0.25) is 0 Å². The van der Waals surface area contributed by atoms with E-state index in [1.165, 1.54) is 23.7 Å². The summed E-state index contributed by atoms with van der Waals surface area (Å²) in [5, 5.41) is 0. The lowest BCUT2D eigenvalue weighted by atomic mass is 10.2. The zero-order valence-electron chi connectivity index (χ0n) is 4.43. The van der Waals surface area contributed by atoms with Gasteiger partial charge in [-0.15, -0.1) is 0 Å². The molecule has 0 amide bonds. The molecular formula is C7H10. The van der Waals surface area contributed by atoms with Gasteiger partial charge in [-0.1, -0.05) is 0 Å². The van der Waals surface area contributed by atoms with Crippen molar-refractivity contribution in [1.29, 1.82) is 0 Å². The van der Waals surface area contributed by atoms with Gasteiger partial charge >= 0.3 is 0 Å². The Morgan fingerprint density at radius 1 is 0.714 bits per heavy atom. The van der Waals surface area contributed by atoms with E-state index in [1.54, 1.807) is 19.3 Å². The van der Waals surface area contributed by atoms with Crippen LogP contribution in [0.4, 0.5) is 0 Å². The second kappa shape index (κ2) is 0.667. The van der Waals surface area contributed by atoms with Crippen molar-refractivity contribution in [2.75, 3.05) is 0 Å². The Labute approximate surface area is 43.9 Å². The fraction of sp³-hybridized carbons (Fsp3) is 1.00. The molecule has 0 unspecified atom stereocenters. The second-order valence-corrected chi connectivity index (χ2v) is 3.55. The van der Waals surface area contributed by atoms with Crippen LogP contribution in [0.25, 0.3) is 0 Å². The first-order valence-corrected chi connectivity index (χ1v) is 3.45. The molecule has 3 rings (SSSR count). The molecule has 0 aromatic rings. The van der Waals surface area contributed by atoms with Crippen LogP contribution in [0.5, 0.6) is 0 Å². The molecule has 3 saturated carbocycles. The summed E-state index contributed by atoms with van der Waals surface area (Å²) in [6.07, 6.45) is 4.84. The van der Waals surface area contributed by atoms with E-state index in [0.717, 1.165) is 0 Å². The summed E-state index contributed by atoms with van der Waals surface area (Å²) in [5.41, 5.74) is 0. The Morgan fingerprint density at radius 2 is 1.29 bits per heavy atom. The van der Waals surface area contributed by atoms with Crippen molar-refractivity contribution >= 4 is 0 Å². The molecule has 0 heteroatoms. The largest absolute Gasteiger partial charge is 0.0470 e. The molecule has 0 spiro atoms. The maximum Gasteiger partial charge on any atom is -0.0352 e. The Bertz CT molecular complexity index is 103. The molecule has 38 valence electrons. The first-order valence-electron chi connectivity index (χ1n) is 3.45. The first kappa shape index (κ1) is 3.11. The maximum absolute atomic E-state index is 1.62. The highest BCUT2D eigenvalue weighted by Crippen LogP contribution is 2.69. The van der Waals surface area contributed by atoms with Crippen LogP contribution in [0.1, 0.15) is 19.3 Å². The molecule has 0 nitrogen and oxygen atoms in total. The van der Waals surface area contributed by atoms with Gasteiger partial charge in [0.25, 0.3) is 0 Å². The molecule has 3 fully saturated rings. The third-order valence-electron chi connectivity index (χ3n) is 3.11. The Balaban J connectivity index is 2.02. The van der Waals surface area contributed by atoms with Gasteiger partial charge < -0.3 is 0 Å². The van der Waals surface area contributed by atoms with Crippen molar-refractivity contribution < 1.29 is 0 Å². The highest BCUT2D eigenvalue weighted by Gasteiger charge is 2.60. The minimum atomic E-state index is 1.24. The second-order valence-electron chi connectivity index (χ2n) is 3.55. The molecule has 0 N–H and O–H groups in total. The van der Waals surface area contributed by atoms with Gasteiger partial charge in [0.2, 0.25) is 0 Å². The van der Waals surface area contributed by atoms with Crippen molar-refractivity contribution in [3.8, 4) is 0 Å². The van der Waals surface area contributed by atoms with E-state index < -0.39 is 0 Å². The van der Waals surface area contributed by atoms with Crippen LogP contribution >= 0.6 is 0 Å². The summed E-state index contributed by atoms with van der Waals surface area (Å²) in [6.45, 7) is 0. The third kappa shape index (κ3) is 0.240. The summed E-state index contributed by atoms with van der Waals surface area (Å²) < 4.78 is 0. The Morgan fingerprint density at radius 3 is 1.57 bits per heavy atom. The van der Waals surface area contributed by atoms with E-state index in [2.05, 4.69) is 0 Å². The standard InChI is InChI=1S/C7H10/c1-4-2-6(4)7-3-5(1)7/h4-7H,1-3H2/t4-,5-,6+,7+/m0/s1. The lowest BCUT2D eigenvalue weighted by Gasteiger charge is -1.82. The third-order valence-corrected chi connectivity index (χ3v) is 3.11. The zero-order valence-corrected chi connectivity index (χ0v) is 4.43. The predicted molar refractivity (Wildman–Crippen MR) is 27.8 cm³/mol. The van der Waals surface area contributed by atoms with Crippen LogP contribution in [-0.2, 0) is 0 Å². The lowest BCUT2D eigenvalue weighted by Crippen LogP contribution is -1.72. The molecule has 0 aliphatic heterocycles. The summed E-state index contributed by atoms with van der Waals surface area (Å²) >= 11 is 0. The monoisotopic (exact) mass is 94.1 g/mol. The summed E-state index contributed by atoms with van der Waals surface area (Å²) in [6, 6.07) is 0. The van der Waals surface area contributed by atoms with Crippen molar-refractivity contribution in [2.45, 2.75) is 19.3 Å². The average Bonchev–Trinajstić information content (AvgIpc) is 2.47. The van der Waals surface area contributed by atoms with Crippen molar-refractivity contribution in [3.05, 3.63) is 0 Å². The molecule has 3 aliphatic carbocycles. The van der Waals surface area contributed by atoms with Crippen LogP contribution in [0.3, 0.4) is 0 Å². The van der Waals surface area contributed by atoms with Crippen molar-refractivity contribution in [3.63, 3.8) is 0 Å². The average molecular weight is 94.2 g/mol. The molecule has 3 aliphatic rings. The quantitative estimate of drug-likeness (QED) is 0.428. The van der Waals surface area contributed by atoms with E-state index in [0.29, 0.717) is 0 Å². The normalized spacial score (nSPS) is 72.0. The van der Waals surface area contributed by atoms with Crippen molar-refractivity contribution in [1.82, 2.24) is 0 Å².